The molecule has 3 N–H and O–H groups in total. The van der Waals surface area contributed by atoms with Crippen LogP contribution < -0.4 is 10.6 Å². The molecule has 8 nitrogen and oxygen atoms in total. The Morgan fingerprint density at radius 2 is 2.11 bits per heavy atom. The van der Waals surface area contributed by atoms with Gasteiger partial charge in [0.05, 0.1) is 0 Å². The summed E-state index contributed by atoms with van der Waals surface area (Å²) in [5, 5.41) is 4.94. The number of hydrogen-bond acceptors (Lipinski definition) is 6. The fourth-order valence-corrected chi connectivity index (χ4v) is 3.01. The highest BCUT2D eigenvalue weighted by atomic mass is 19.4. The van der Waals surface area contributed by atoms with Crippen LogP contribution in [0.2, 0.25) is 0 Å². The summed E-state index contributed by atoms with van der Waals surface area (Å²) in [6.45, 7) is -0.386. The summed E-state index contributed by atoms with van der Waals surface area (Å²) in [7, 11) is 0. The first-order valence-electron chi connectivity index (χ1n) is 8.11. The molecule has 12 heteroatoms. The summed E-state index contributed by atoms with van der Waals surface area (Å²) < 4.78 is 51.9. The van der Waals surface area contributed by atoms with Gasteiger partial charge in [-0.1, -0.05) is 0 Å². The molecule has 0 radical (unpaired) electrons. The molecule has 0 spiro atoms. The van der Waals surface area contributed by atoms with Crippen molar-refractivity contribution in [3.05, 3.63) is 30.5 Å². The van der Waals surface area contributed by atoms with E-state index in [-0.39, 0.29) is 17.2 Å². The first-order valence-corrected chi connectivity index (χ1v) is 8.11. The zero-order valence-electron chi connectivity index (χ0n) is 14.3. The molecular weight excluding hydrogens is 382 g/mol. The van der Waals surface area contributed by atoms with E-state index in [2.05, 4.69) is 30.2 Å². The average molecular weight is 395 g/mol. The zero-order valence-corrected chi connectivity index (χ0v) is 14.3. The molecule has 28 heavy (non-hydrogen) atoms. The van der Waals surface area contributed by atoms with Crippen LogP contribution in [-0.4, -0.2) is 49.1 Å². The highest BCUT2D eigenvalue weighted by molar-refractivity contribution is 5.93. The third-order valence-corrected chi connectivity index (χ3v) is 4.49. The van der Waals surface area contributed by atoms with Gasteiger partial charge in [0.2, 0.25) is 5.91 Å². The number of aromatic nitrogens is 5. The minimum Gasteiger partial charge on any atom is -0.353 e. The highest BCUT2D eigenvalue weighted by Crippen LogP contribution is 2.43. The molecule has 0 fully saturated rings. The average Bonchev–Trinajstić information content (AvgIpc) is 3.19. The van der Waals surface area contributed by atoms with Crippen LogP contribution in [0.4, 0.5) is 23.4 Å². The molecule has 0 saturated carbocycles. The lowest BCUT2D eigenvalue weighted by Gasteiger charge is -2.26. The van der Waals surface area contributed by atoms with Crippen LogP contribution in [0.1, 0.15) is 18.7 Å². The van der Waals surface area contributed by atoms with Crippen molar-refractivity contribution in [2.75, 3.05) is 11.9 Å². The third-order valence-electron chi connectivity index (χ3n) is 4.49. The lowest BCUT2D eigenvalue weighted by atomic mass is 9.95. The molecule has 1 aliphatic heterocycles. The Balaban J connectivity index is 1.64. The monoisotopic (exact) mass is 395 g/mol. The Labute approximate surface area is 154 Å². The molecule has 4 rings (SSSR count). The van der Waals surface area contributed by atoms with Crippen molar-refractivity contribution in [2.24, 2.45) is 0 Å². The van der Waals surface area contributed by atoms with E-state index in [4.69, 9.17) is 0 Å². The van der Waals surface area contributed by atoms with Crippen molar-refractivity contribution in [1.29, 1.82) is 0 Å². The number of nitrogens with one attached hydrogen (secondary N) is 3. The number of rotatable bonds is 3. The maximum Gasteiger partial charge on any atom is 0.405 e. The van der Waals surface area contributed by atoms with Gasteiger partial charge >= 0.3 is 6.18 Å². The molecule has 0 aliphatic carbocycles. The molecule has 1 aliphatic rings. The van der Waals surface area contributed by atoms with Gasteiger partial charge in [-0.25, -0.2) is 24.3 Å². The minimum absolute atomic E-state index is 0.00972. The van der Waals surface area contributed by atoms with Crippen molar-refractivity contribution in [2.45, 2.75) is 24.8 Å². The van der Waals surface area contributed by atoms with Crippen LogP contribution in [0.5, 0.6) is 0 Å². The van der Waals surface area contributed by atoms with Crippen molar-refractivity contribution in [3.63, 3.8) is 0 Å². The van der Waals surface area contributed by atoms with Crippen molar-refractivity contribution in [3.8, 4) is 11.4 Å². The van der Waals surface area contributed by atoms with E-state index >= 15 is 0 Å². The highest BCUT2D eigenvalue weighted by Gasteiger charge is 2.50. The maximum absolute atomic E-state index is 14.9. The molecule has 2 atom stereocenters. The van der Waals surface area contributed by atoms with E-state index in [1.807, 2.05) is 0 Å². The Morgan fingerprint density at radius 3 is 2.86 bits per heavy atom. The SMILES string of the molecule is CC1(C(=O)NCC(F)(F)F)Nc2nc(-c3c[nH]c4ncncc34)ncc2C1F. The first kappa shape index (κ1) is 18.1. The van der Waals surface area contributed by atoms with Crippen LogP contribution in [-0.2, 0) is 4.79 Å². The predicted octanol–water partition coefficient (Wildman–Crippen LogP) is 2.29. The van der Waals surface area contributed by atoms with E-state index < -0.39 is 30.3 Å². The molecule has 3 aromatic heterocycles. The summed E-state index contributed by atoms with van der Waals surface area (Å²) >= 11 is 0. The summed E-state index contributed by atoms with van der Waals surface area (Å²) in [6, 6.07) is 0. The Bertz CT molecular complexity index is 1070. The second kappa shape index (κ2) is 6.11. The Morgan fingerprint density at radius 1 is 1.32 bits per heavy atom. The molecule has 3 aromatic rings. The number of amides is 1. The van der Waals surface area contributed by atoms with Gasteiger partial charge in [0.15, 0.2) is 17.5 Å². The fraction of sp³-hybridized carbons (Fsp3) is 0.312. The van der Waals surface area contributed by atoms with Gasteiger partial charge < -0.3 is 15.6 Å². The van der Waals surface area contributed by atoms with Crippen molar-refractivity contribution >= 4 is 22.8 Å². The lowest BCUT2D eigenvalue weighted by Crippen LogP contribution is -2.52. The normalized spacial score (nSPS) is 21.4. The number of H-pyrrole nitrogens is 1. The zero-order chi connectivity index (χ0) is 20.1. The van der Waals surface area contributed by atoms with Gasteiger partial charge in [-0.15, -0.1) is 0 Å². The summed E-state index contributed by atoms with van der Waals surface area (Å²) in [5.74, 6) is -0.870. The van der Waals surface area contributed by atoms with Crippen LogP contribution >= 0.6 is 0 Å². The smallest absolute Gasteiger partial charge is 0.353 e. The van der Waals surface area contributed by atoms with Gasteiger partial charge in [0.1, 0.15) is 24.3 Å². The summed E-state index contributed by atoms with van der Waals surface area (Å²) in [5.41, 5.74) is -0.832. The van der Waals surface area contributed by atoms with Crippen molar-refractivity contribution in [1.82, 2.24) is 30.2 Å². The van der Waals surface area contributed by atoms with Crippen molar-refractivity contribution < 1.29 is 22.4 Å². The van der Waals surface area contributed by atoms with Gasteiger partial charge in [-0.2, -0.15) is 13.2 Å². The van der Waals surface area contributed by atoms with Gasteiger partial charge in [0, 0.05) is 35.1 Å². The first-order chi connectivity index (χ1) is 13.2. The minimum atomic E-state index is -4.60. The fourth-order valence-electron chi connectivity index (χ4n) is 3.01. The molecule has 0 bridgehead atoms. The quantitative estimate of drug-likeness (QED) is 0.588. The van der Waals surface area contributed by atoms with E-state index in [1.54, 1.807) is 17.7 Å². The van der Waals surface area contributed by atoms with E-state index in [0.29, 0.717) is 16.6 Å². The number of hydrogen-bond donors (Lipinski definition) is 3. The number of alkyl halides is 4. The number of aromatic amines is 1. The second-order valence-electron chi connectivity index (χ2n) is 6.47. The van der Waals surface area contributed by atoms with E-state index in [9.17, 15) is 22.4 Å². The number of fused-ring (bicyclic) bond motifs is 2. The lowest BCUT2D eigenvalue weighted by molar-refractivity contribution is -0.141. The molecular formula is C16H13F4N7O. The van der Waals surface area contributed by atoms with E-state index in [0.717, 1.165) is 0 Å². The number of nitrogens with zero attached hydrogens (tertiary/aromatic N) is 4. The van der Waals surface area contributed by atoms with Crippen LogP contribution in [0, 0.1) is 0 Å². The molecule has 0 aromatic carbocycles. The molecule has 146 valence electrons. The molecule has 4 heterocycles. The standard InChI is InChI=1S/C16H13F4N7O/c1-15(14(28)24-5-16(18,19)20)10(17)9-4-23-12(26-13(9)27-15)8-3-22-11-7(8)2-21-6-25-11/h2-4,6,10H,5H2,1H3,(H,24,28)(H,21,22,25)(H,23,26,27). The van der Waals surface area contributed by atoms with Crippen LogP contribution in [0.25, 0.3) is 22.4 Å². The number of carbonyl (C=O) groups is 1. The number of halogens is 4. The van der Waals surface area contributed by atoms with Gasteiger partial charge in [0.25, 0.3) is 0 Å². The predicted molar refractivity (Wildman–Crippen MR) is 89.9 cm³/mol. The summed E-state index contributed by atoms with van der Waals surface area (Å²) in [6.07, 6.45) is -0.778. The Hall–Kier alpha value is -3.31. The second-order valence-corrected chi connectivity index (χ2v) is 6.47. The number of anilines is 1. The number of carbonyl (C=O) groups excluding carboxylic acids is 1. The molecule has 0 saturated heterocycles. The van der Waals surface area contributed by atoms with Gasteiger partial charge in [-0.05, 0) is 6.92 Å². The van der Waals surface area contributed by atoms with Crippen LogP contribution in [0.3, 0.4) is 0 Å². The maximum atomic E-state index is 14.9. The molecule has 2 unspecified atom stereocenters. The third kappa shape index (κ3) is 2.90. The van der Waals surface area contributed by atoms with E-state index in [1.165, 1.54) is 19.4 Å². The van der Waals surface area contributed by atoms with Crippen LogP contribution in [0.15, 0.2) is 24.9 Å². The topological polar surface area (TPSA) is 108 Å². The molecule has 1 amide bonds. The Kier molecular flexibility index (Phi) is 3.94. The largest absolute Gasteiger partial charge is 0.405 e. The van der Waals surface area contributed by atoms with Gasteiger partial charge in [-0.3, -0.25) is 4.79 Å². The summed E-state index contributed by atoms with van der Waals surface area (Å²) in [4.78, 5) is 31.5.